The van der Waals surface area contributed by atoms with Crippen molar-refractivity contribution in [2.45, 2.75) is 77.4 Å². The summed E-state index contributed by atoms with van der Waals surface area (Å²) in [4.78, 5) is 2.56. The van der Waals surface area contributed by atoms with Crippen LogP contribution in [0.15, 0.2) is 0 Å². The van der Waals surface area contributed by atoms with Gasteiger partial charge in [-0.2, -0.15) is 0 Å². The van der Waals surface area contributed by atoms with Gasteiger partial charge in [-0.3, -0.25) is 0 Å². The van der Waals surface area contributed by atoms with E-state index in [4.69, 9.17) is 0 Å². The summed E-state index contributed by atoms with van der Waals surface area (Å²) in [7, 11) is 2.29. The predicted octanol–water partition coefficient (Wildman–Crippen LogP) is 3.03. The third-order valence-corrected chi connectivity index (χ3v) is 3.66. The van der Waals surface area contributed by atoms with Crippen LogP contribution >= 0.6 is 0 Å². The van der Waals surface area contributed by atoms with Gasteiger partial charge in [0.1, 0.15) is 0 Å². The predicted molar refractivity (Wildman–Crippen MR) is 71.9 cm³/mol. The second-order valence-corrected chi connectivity index (χ2v) is 6.79. The van der Waals surface area contributed by atoms with Crippen molar-refractivity contribution in [3.8, 4) is 0 Å². The number of unbranched alkanes of at least 4 members (excludes halogenated alkanes) is 1. The first kappa shape index (κ1) is 14.0. The van der Waals surface area contributed by atoms with Crippen LogP contribution in [0, 0.1) is 0 Å². The molecule has 0 aliphatic carbocycles. The molecule has 0 saturated carbocycles. The van der Waals surface area contributed by atoms with E-state index in [0.717, 1.165) is 6.04 Å². The molecule has 1 aliphatic heterocycles. The molecule has 2 heteroatoms. The molecule has 0 aromatic heterocycles. The number of nitrogens with one attached hydrogen (secondary N) is 1. The quantitative estimate of drug-likeness (QED) is 0.792. The Bertz CT molecular complexity index is 205. The van der Waals surface area contributed by atoms with Gasteiger partial charge in [0.2, 0.25) is 0 Å². The molecule has 1 aliphatic rings. The number of hydrogen-bond acceptors (Lipinski definition) is 2. The SMILES string of the molecule is CCCCN(C)C1CC(C)(C)NC(C)(C)C1. The Balaban J connectivity index is 2.59. The molecule has 0 atom stereocenters. The zero-order valence-corrected chi connectivity index (χ0v) is 12.1. The van der Waals surface area contributed by atoms with Crippen LogP contribution in [0.2, 0.25) is 0 Å². The van der Waals surface area contributed by atoms with Crippen LogP contribution in [0.3, 0.4) is 0 Å². The fourth-order valence-corrected chi connectivity index (χ4v) is 3.17. The lowest BCUT2D eigenvalue weighted by atomic mass is 9.79. The molecule has 0 bridgehead atoms. The Labute approximate surface area is 102 Å². The van der Waals surface area contributed by atoms with Gasteiger partial charge in [0.05, 0.1) is 0 Å². The smallest absolute Gasteiger partial charge is 0.0145 e. The minimum Gasteiger partial charge on any atom is -0.307 e. The van der Waals surface area contributed by atoms with Crippen LogP contribution in [0.1, 0.15) is 60.3 Å². The summed E-state index contributed by atoms with van der Waals surface area (Å²) in [6.07, 6.45) is 5.14. The molecular weight excluding hydrogens is 196 g/mol. The molecule has 1 heterocycles. The summed E-state index contributed by atoms with van der Waals surface area (Å²) in [6, 6.07) is 0.734. The zero-order chi connectivity index (χ0) is 12.4. The average Bonchev–Trinajstić information content (AvgIpc) is 2.09. The molecule has 1 rings (SSSR count). The van der Waals surface area contributed by atoms with Gasteiger partial charge < -0.3 is 10.2 Å². The average molecular weight is 226 g/mol. The monoisotopic (exact) mass is 226 g/mol. The maximum absolute atomic E-state index is 3.75. The van der Waals surface area contributed by atoms with Crippen molar-refractivity contribution in [1.29, 1.82) is 0 Å². The Morgan fingerprint density at radius 1 is 1.12 bits per heavy atom. The fourth-order valence-electron chi connectivity index (χ4n) is 3.17. The summed E-state index contributed by atoms with van der Waals surface area (Å²) < 4.78 is 0. The maximum atomic E-state index is 3.75. The van der Waals surface area contributed by atoms with Crippen molar-refractivity contribution >= 4 is 0 Å². The van der Waals surface area contributed by atoms with Gasteiger partial charge in [-0.15, -0.1) is 0 Å². The highest BCUT2D eigenvalue weighted by atomic mass is 15.2. The Morgan fingerprint density at radius 2 is 1.62 bits per heavy atom. The van der Waals surface area contributed by atoms with Crippen LogP contribution in [0.4, 0.5) is 0 Å². The van der Waals surface area contributed by atoms with E-state index >= 15 is 0 Å². The van der Waals surface area contributed by atoms with Crippen molar-refractivity contribution in [2.75, 3.05) is 13.6 Å². The van der Waals surface area contributed by atoms with Gasteiger partial charge in [-0.05, 0) is 60.5 Å². The summed E-state index contributed by atoms with van der Waals surface area (Å²) in [5, 5.41) is 3.75. The summed E-state index contributed by atoms with van der Waals surface area (Å²) >= 11 is 0. The fraction of sp³-hybridized carbons (Fsp3) is 1.00. The molecular formula is C14H30N2. The van der Waals surface area contributed by atoms with Crippen LogP contribution in [-0.4, -0.2) is 35.6 Å². The minimum absolute atomic E-state index is 0.271. The lowest BCUT2D eigenvalue weighted by Gasteiger charge is -2.49. The normalized spacial score (nSPS) is 24.9. The molecule has 16 heavy (non-hydrogen) atoms. The molecule has 1 N–H and O–H groups in total. The number of nitrogens with zero attached hydrogens (tertiary/aromatic N) is 1. The molecule has 0 amide bonds. The lowest BCUT2D eigenvalue weighted by Crippen LogP contribution is -2.61. The van der Waals surface area contributed by atoms with Gasteiger partial charge >= 0.3 is 0 Å². The molecule has 0 spiro atoms. The van der Waals surface area contributed by atoms with E-state index in [2.05, 4.69) is 51.9 Å². The first-order valence-electron chi connectivity index (χ1n) is 6.75. The molecule has 1 saturated heterocycles. The van der Waals surface area contributed by atoms with E-state index < -0.39 is 0 Å². The van der Waals surface area contributed by atoms with Crippen LogP contribution in [0.25, 0.3) is 0 Å². The van der Waals surface area contributed by atoms with Crippen LogP contribution in [-0.2, 0) is 0 Å². The molecule has 1 fully saturated rings. The van der Waals surface area contributed by atoms with E-state index in [1.54, 1.807) is 0 Å². The number of piperidine rings is 1. The van der Waals surface area contributed by atoms with Gasteiger partial charge in [0, 0.05) is 17.1 Å². The molecule has 0 aromatic carbocycles. The minimum atomic E-state index is 0.271. The van der Waals surface area contributed by atoms with Crippen molar-refractivity contribution in [3.63, 3.8) is 0 Å². The standard InChI is InChI=1S/C14H30N2/c1-7-8-9-16(6)12-10-13(2,3)15-14(4,5)11-12/h12,15H,7-11H2,1-6H3. The second kappa shape index (κ2) is 5.05. The zero-order valence-electron chi connectivity index (χ0n) is 12.1. The summed E-state index contributed by atoms with van der Waals surface area (Å²) in [6.45, 7) is 12.8. The van der Waals surface area contributed by atoms with E-state index in [1.807, 2.05) is 0 Å². The summed E-state index contributed by atoms with van der Waals surface area (Å²) in [5.74, 6) is 0. The van der Waals surface area contributed by atoms with Crippen molar-refractivity contribution in [3.05, 3.63) is 0 Å². The van der Waals surface area contributed by atoms with Gasteiger partial charge in [-0.1, -0.05) is 13.3 Å². The largest absolute Gasteiger partial charge is 0.307 e. The molecule has 0 radical (unpaired) electrons. The molecule has 2 nitrogen and oxygen atoms in total. The van der Waals surface area contributed by atoms with E-state index in [0.29, 0.717) is 0 Å². The number of hydrogen-bond donors (Lipinski definition) is 1. The van der Waals surface area contributed by atoms with Gasteiger partial charge in [0.25, 0.3) is 0 Å². The topological polar surface area (TPSA) is 15.3 Å². The Morgan fingerprint density at radius 3 is 2.06 bits per heavy atom. The van der Waals surface area contributed by atoms with Crippen molar-refractivity contribution < 1.29 is 0 Å². The second-order valence-electron chi connectivity index (χ2n) is 6.79. The molecule has 0 unspecified atom stereocenters. The van der Waals surface area contributed by atoms with E-state index in [1.165, 1.54) is 32.2 Å². The van der Waals surface area contributed by atoms with E-state index in [9.17, 15) is 0 Å². The third kappa shape index (κ3) is 4.06. The molecule has 96 valence electrons. The van der Waals surface area contributed by atoms with E-state index in [-0.39, 0.29) is 11.1 Å². The highest BCUT2D eigenvalue weighted by Gasteiger charge is 2.38. The van der Waals surface area contributed by atoms with Crippen LogP contribution < -0.4 is 5.32 Å². The Kier molecular flexibility index (Phi) is 4.42. The summed E-state index contributed by atoms with van der Waals surface area (Å²) in [5.41, 5.74) is 0.541. The number of rotatable bonds is 4. The van der Waals surface area contributed by atoms with Crippen molar-refractivity contribution in [1.82, 2.24) is 10.2 Å². The van der Waals surface area contributed by atoms with Gasteiger partial charge in [0.15, 0.2) is 0 Å². The maximum Gasteiger partial charge on any atom is 0.0145 e. The van der Waals surface area contributed by atoms with Crippen molar-refractivity contribution in [2.24, 2.45) is 0 Å². The molecule has 0 aromatic rings. The first-order chi connectivity index (χ1) is 7.26. The van der Waals surface area contributed by atoms with Crippen LogP contribution in [0.5, 0.6) is 0 Å². The first-order valence-corrected chi connectivity index (χ1v) is 6.75. The highest BCUT2D eigenvalue weighted by Crippen LogP contribution is 2.31. The highest BCUT2D eigenvalue weighted by molar-refractivity contribution is 4.99. The van der Waals surface area contributed by atoms with Gasteiger partial charge in [-0.25, -0.2) is 0 Å². The third-order valence-electron chi connectivity index (χ3n) is 3.66. The Hall–Kier alpha value is -0.0800. The lowest BCUT2D eigenvalue weighted by molar-refractivity contribution is 0.0809.